The molecule has 1 atom stereocenters. The van der Waals surface area contributed by atoms with Crippen LogP contribution in [0.4, 0.5) is 0 Å². The van der Waals surface area contributed by atoms with Crippen molar-refractivity contribution in [1.29, 1.82) is 0 Å². The molecule has 3 N–H and O–H groups in total. The predicted molar refractivity (Wildman–Crippen MR) is 80.0 cm³/mol. The third-order valence-corrected chi connectivity index (χ3v) is 4.57. The van der Waals surface area contributed by atoms with Gasteiger partial charge in [0.25, 0.3) is 0 Å². The van der Waals surface area contributed by atoms with E-state index in [-0.39, 0.29) is 17.4 Å². The van der Waals surface area contributed by atoms with Gasteiger partial charge in [-0.3, -0.25) is 4.79 Å². The molecule has 112 valence electrons. The summed E-state index contributed by atoms with van der Waals surface area (Å²) >= 11 is 0. The van der Waals surface area contributed by atoms with Crippen LogP contribution in [0, 0.1) is 5.41 Å². The third kappa shape index (κ3) is 4.46. The lowest BCUT2D eigenvalue weighted by Gasteiger charge is -2.39. The number of nitrogens with two attached hydrogens (primary N) is 1. The molecule has 1 amide bonds. The lowest BCUT2D eigenvalue weighted by Crippen LogP contribution is -2.52. The van der Waals surface area contributed by atoms with Gasteiger partial charge in [0.15, 0.2) is 0 Å². The summed E-state index contributed by atoms with van der Waals surface area (Å²) in [4.78, 5) is 14.6. The highest BCUT2D eigenvalue weighted by Crippen LogP contribution is 2.40. The van der Waals surface area contributed by atoms with Crippen molar-refractivity contribution < 1.29 is 4.79 Å². The van der Waals surface area contributed by atoms with Gasteiger partial charge in [-0.05, 0) is 52.2 Å². The van der Waals surface area contributed by atoms with Gasteiger partial charge in [0.05, 0.1) is 5.41 Å². The molecular weight excluding hydrogens is 238 g/mol. The molecule has 0 radical (unpaired) electrons. The molecule has 19 heavy (non-hydrogen) atoms. The maximum Gasteiger partial charge on any atom is 0.227 e. The Hall–Kier alpha value is -0.610. The quantitative estimate of drug-likeness (QED) is 0.670. The largest absolute Gasteiger partial charge is 0.353 e. The molecule has 0 aromatic rings. The zero-order valence-corrected chi connectivity index (χ0v) is 12.9. The molecule has 0 bridgehead atoms. The summed E-state index contributed by atoms with van der Waals surface area (Å²) in [5.74, 6) is 0.177. The van der Waals surface area contributed by atoms with E-state index in [0.717, 1.165) is 51.7 Å². The summed E-state index contributed by atoms with van der Waals surface area (Å²) in [6.45, 7) is 10.3. The smallest absolute Gasteiger partial charge is 0.227 e. The van der Waals surface area contributed by atoms with Crippen LogP contribution in [-0.4, -0.2) is 43.0 Å². The number of nitrogens with one attached hydrogen (secondary N) is 1. The maximum absolute atomic E-state index is 12.2. The van der Waals surface area contributed by atoms with Crippen molar-refractivity contribution in [3.63, 3.8) is 0 Å². The molecule has 1 fully saturated rings. The molecule has 4 heteroatoms. The third-order valence-electron chi connectivity index (χ3n) is 4.57. The molecule has 1 aliphatic carbocycles. The zero-order chi connectivity index (χ0) is 14.3. The first kappa shape index (κ1) is 16.4. The van der Waals surface area contributed by atoms with Gasteiger partial charge in [-0.25, -0.2) is 0 Å². The number of rotatable bonds is 9. The highest BCUT2D eigenvalue weighted by Gasteiger charge is 2.42. The summed E-state index contributed by atoms with van der Waals surface area (Å²) in [5.41, 5.74) is 5.51. The van der Waals surface area contributed by atoms with Gasteiger partial charge in [0.1, 0.15) is 0 Å². The molecule has 4 nitrogen and oxygen atoms in total. The molecule has 0 spiro atoms. The van der Waals surface area contributed by atoms with Crippen molar-refractivity contribution >= 4 is 5.91 Å². The summed E-state index contributed by atoms with van der Waals surface area (Å²) < 4.78 is 0. The lowest BCUT2D eigenvalue weighted by molar-refractivity contribution is -0.135. The fourth-order valence-corrected chi connectivity index (χ4v) is 2.74. The minimum absolute atomic E-state index is 0.177. The Morgan fingerprint density at radius 1 is 1.37 bits per heavy atom. The van der Waals surface area contributed by atoms with Crippen molar-refractivity contribution in [2.75, 3.05) is 26.2 Å². The van der Waals surface area contributed by atoms with E-state index in [9.17, 15) is 4.79 Å². The highest BCUT2D eigenvalue weighted by molar-refractivity contribution is 5.84. The Kier molecular flexibility index (Phi) is 6.80. The van der Waals surface area contributed by atoms with E-state index in [1.807, 2.05) is 0 Å². The molecule has 1 aliphatic rings. The Morgan fingerprint density at radius 2 is 2.00 bits per heavy atom. The molecule has 0 heterocycles. The number of carbonyl (C=O) groups excluding carboxylic acids is 1. The standard InChI is InChI=1S/C15H31N3O/c1-4-18(5-2)11-6-8-13(3)17-14(19)15(12-16)9-7-10-15/h13H,4-12,16H2,1-3H3,(H,17,19). The SMILES string of the molecule is CCN(CC)CCCC(C)NC(=O)C1(CN)CCC1. The second kappa shape index (κ2) is 7.85. The molecule has 0 saturated heterocycles. The highest BCUT2D eigenvalue weighted by atomic mass is 16.2. The first-order chi connectivity index (χ1) is 9.07. The van der Waals surface area contributed by atoms with Crippen LogP contribution in [0.5, 0.6) is 0 Å². The van der Waals surface area contributed by atoms with Gasteiger partial charge < -0.3 is 16.0 Å². The number of carbonyl (C=O) groups is 1. The van der Waals surface area contributed by atoms with E-state index in [1.54, 1.807) is 0 Å². The fraction of sp³-hybridized carbons (Fsp3) is 0.933. The molecular formula is C15H31N3O. The van der Waals surface area contributed by atoms with Gasteiger partial charge in [-0.1, -0.05) is 20.3 Å². The topological polar surface area (TPSA) is 58.4 Å². The molecule has 0 aliphatic heterocycles. The Bertz CT molecular complexity index is 267. The molecule has 1 saturated carbocycles. The maximum atomic E-state index is 12.2. The Morgan fingerprint density at radius 3 is 2.42 bits per heavy atom. The summed E-state index contributed by atoms with van der Waals surface area (Å²) in [5, 5.41) is 3.15. The van der Waals surface area contributed by atoms with Gasteiger partial charge >= 0.3 is 0 Å². The van der Waals surface area contributed by atoms with Crippen molar-refractivity contribution in [2.45, 2.75) is 58.9 Å². The van der Waals surface area contributed by atoms with E-state index < -0.39 is 0 Å². The van der Waals surface area contributed by atoms with Gasteiger partial charge in [0, 0.05) is 12.6 Å². The second-order valence-electron chi connectivity index (χ2n) is 5.88. The number of amides is 1. The van der Waals surface area contributed by atoms with Crippen molar-refractivity contribution in [1.82, 2.24) is 10.2 Å². The first-order valence-corrected chi connectivity index (χ1v) is 7.81. The normalized spacial score (nSPS) is 19.0. The average molecular weight is 269 g/mol. The van der Waals surface area contributed by atoms with Gasteiger partial charge in [0.2, 0.25) is 5.91 Å². The lowest BCUT2D eigenvalue weighted by atomic mass is 9.68. The van der Waals surface area contributed by atoms with E-state index in [1.165, 1.54) is 0 Å². The predicted octanol–water partition coefficient (Wildman–Crippen LogP) is 1.74. The van der Waals surface area contributed by atoms with E-state index in [4.69, 9.17) is 5.73 Å². The van der Waals surface area contributed by atoms with Crippen LogP contribution in [0.15, 0.2) is 0 Å². The number of nitrogens with zero attached hydrogens (tertiary/aromatic N) is 1. The monoisotopic (exact) mass is 269 g/mol. The zero-order valence-electron chi connectivity index (χ0n) is 12.9. The minimum Gasteiger partial charge on any atom is -0.353 e. The molecule has 0 aromatic heterocycles. The first-order valence-electron chi connectivity index (χ1n) is 7.81. The molecule has 1 rings (SSSR count). The Labute approximate surface area is 118 Å². The van der Waals surface area contributed by atoms with E-state index in [2.05, 4.69) is 31.0 Å². The second-order valence-corrected chi connectivity index (χ2v) is 5.88. The minimum atomic E-state index is -0.243. The van der Waals surface area contributed by atoms with Crippen LogP contribution < -0.4 is 11.1 Å². The summed E-state index contributed by atoms with van der Waals surface area (Å²) in [6.07, 6.45) is 5.24. The van der Waals surface area contributed by atoms with Crippen LogP contribution in [0.25, 0.3) is 0 Å². The number of hydrogen-bond donors (Lipinski definition) is 2. The van der Waals surface area contributed by atoms with Crippen LogP contribution in [-0.2, 0) is 4.79 Å². The van der Waals surface area contributed by atoms with Crippen molar-refractivity contribution in [3.8, 4) is 0 Å². The Balaban J connectivity index is 2.23. The van der Waals surface area contributed by atoms with Crippen LogP contribution in [0.1, 0.15) is 52.9 Å². The van der Waals surface area contributed by atoms with Crippen LogP contribution >= 0.6 is 0 Å². The van der Waals surface area contributed by atoms with Crippen molar-refractivity contribution in [2.24, 2.45) is 11.1 Å². The molecule has 1 unspecified atom stereocenters. The van der Waals surface area contributed by atoms with Gasteiger partial charge in [-0.15, -0.1) is 0 Å². The van der Waals surface area contributed by atoms with E-state index >= 15 is 0 Å². The molecule has 0 aromatic carbocycles. The number of hydrogen-bond acceptors (Lipinski definition) is 3. The van der Waals surface area contributed by atoms with E-state index in [0.29, 0.717) is 6.54 Å². The fourth-order valence-electron chi connectivity index (χ4n) is 2.74. The van der Waals surface area contributed by atoms with Crippen molar-refractivity contribution in [3.05, 3.63) is 0 Å². The summed E-state index contributed by atoms with van der Waals surface area (Å²) in [6, 6.07) is 0.257. The van der Waals surface area contributed by atoms with Gasteiger partial charge in [-0.2, -0.15) is 0 Å². The van der Waals surface area contributed by atoms with Crippen LogP contribution in [0.3, 0.4) is 0 Å². The summed E-state index contributed by atoms with van der Waals surface area (Å²) in [7, 11) is 0. The van der Waals surface area contributed by atoms with Crippen LogP contribution in [0.2, 0.25) is 0 Å². The average Bonchev–Trinajstić information content (AvgIpc) is 2.34.